The van der Waals surface area contributed by atoms with E-state index in [4.69, 9.17) is 4.98 Å². The maximum absolute atomic E-state index is 4.83. The summed E-state index contributed by atoms with van der Waals surface area (Å²) in [7, 11) is 0. The largest absolute Gasteiger partial charge is 0.317 e. The zero-order chi connectivity index (χ0) is 25.1. The number of hydrogen-bond donors (Lipinski definition) is 0. The Hall–Kier alpha value is -5.15. The fourth-order valence-electron chi connectivity index (χ4n) is 5.74. The third-order valence-electron chi connectivity index (χ3n) is 7.55. The van der Waals surface area contributed by atoms with Gasteiger partial charge >= 0.3 is 0 Å². The Kier molecular flexibility index (Phi) is 4.52. The summed E-state index contributed by atoms with van der Waals surface area (Å²) >= 11 is 0. The summed E-state index contributed by atoms with van der Waals surface area (Å²) in [6, 6.07) is 45.3. The SMILES string of the molecule is c1ccc(-c2ccc(-n3c4ccccc4c4cc5cc6c(ccn6-c6ccccc6)cc5cc43)cn2)cc1. The topological polar surface area (TPSA) is 22.8 Å². The first kappa shape index (κ1) is 21.0. The second-order valence-electron chi connectivity index (χ2n) is 9.77. The smallest absolute Gasteiger partial charge is 0.0703 e. The second-order valence-corrected chi connectivity index (χ2v) is 9.77. The summed E-state index contributed by atoms with van der Waals surface area (Å²) < 4.78 is 4.60. The highest BCUT2D eigenvalue weighted by atomic mass is 15.0. The number of benzene rings is 5. The van der Waals surface area contributed by atoms with Crippen LogP contribution < -0.4 is 0 Å². The molecule has 0 spiro atoms. The highest BCUT2D eigenvalue weighted by molar-refractivity contribution is 6.15. The van der Waals surface area contributed by atoms with Crippen molar-refractivity contribution in [2.75, 3.05) is 0 Å². The number of fused-ring (bicyclic) bond motifs is 5. The first-order valence-electron chi connectivity index (χ1n) is 12.9. The van der Waals surface area contributed by atoms with Crippen molar-refractivity contribution in [1.29, 1.82) is 0 Å². The highest BCUT2D eigenvalue weighted by Gasteiger charge is 2.15. The molecule has 3 aromatic heterocycles. The van der Waals surface area contributed by atoms with Crippen molar-refractivity contribution in [3.8, 4) is 22.6 Å². The van der Waals surface area contributed by atoms with Gasteiger partial charge in [-0.3, -0.25) is 4.98 Å². The van der Waals surface area contributed by atoms with E-state index in [1.54, 1.807) is 0 Å². The normalized spacial score (nSPS) is 11.7. The number of hydrogen-bond acceptors (Lipinski definition) is 1. The van der Waals surface area contributed by atoms with Crippen molar-refractivity contribution < 1.29 is 0 Å². The molecule has 0 aliphatic heterocycles. The molecule has 0 fully saturated rings. The van der Waals surface area contributed by atoms with Gasteiger partial charge in [0.05, 0.1) is 34.1 Å². The molecule has 0 N–H and O–H groups in total. The molecule has 0 aliphatic carbocycles. The van der Waals surface area contributed by atoms with Crippen LogP contribution in [-0.2, 0) is 0 Å². The molecule has 0 radical (unpaired) electrons. The Labute approximate surface area is 219 Å². The number of para-hydroxylation sites is 2. The molecule has 38 heavy (non-hydrogen) atoms. The van der Waals surface area contributed by atoms with E-state index >= 15 is 0 Å². The van der Waals surface area contributed by atoms with E-state index in [2.05, 4.69) is 125 Å². The van der Waals surface area contributed by atoms with Crippen LogP contribution in [0.5, 0.6) is 0 Å². The molecular weight excluding hydrogens is 462 g/mol. The third-order valence-corrected chi connectivity index (χ3v) is 7.55. The first-order valence-corrected chi connectivity index (χ1v) is 12.9. The van der Waals surface area contributed by atoms with Gasteiger partial charge in [-0.1, -0.05) is 66.7 Å². The van der Waals surface area contributed by atoms with E-state index in [-0.39, 0.29) is 0 Å². The van der Waals surface area contributed by atoms with E-state index in [1.165, 1.54) is 49.2 Å². The standard InChI is InChI=1S/C35H23N3/c1-3-9-24(10-4-1)32-16-15-29(23-36-32)38-33-14-8-7-13-30(33)31-20-27-21-34-25(19-26(27)22-35(31)38)17-18-37(34)28-11-5-2-6-12-28/h1-23H. The summed E-state index contributed by atoms with van der Waals surface area (Å²) in [4.78, 5) is 4.83. The van der Waals surface area contributed by atoms with Crippen molar-refractivity contribution in [2.45, 2.75) is 0 Å². The summed E-state index contributed by atoms with van der Waals surface area (Å²) in [5.74, 6) is 0. The van der Waals surface area contributed by atoms with Gasteiger partial charge in [0, 0.05) is 33.6 Å². The Bertz CT molecular complexity index is 2100. The minimum Gasteiger partial charge on any atom is -0.317 e. The molecule has 3 heterocycles. The predicted octanol–water partition coefficient (Wildman–Crippen LogP) is 8.94. The highest BCUT2D eigenvalue weighted by Crippen LogP contribution is 2.36. The van der Waals surface area contributed by atoms with Crippen LogP contribution in [0.25, 0.3) is 66.1 Å². The Balaban J connectivity index is 1.35. The maximum atomic E-state index is 4.83. The van der Waals surface area contributed by atoms with Gasteiger partial charge in [0.25, 0.3) is 0 Å². The number of rotatable bonds is 3. The third kappa shape index (κ3) is 3.19. The van der Waals surface area contributed by atoms with E-state index in [0.29, 0.717) is 0 Å². The molecule has 8 rings (SSSR count). The van der Waals surface area contributed by atoms with Crippen LogP contribution in [0.3, 0.4) is 0 Å². The summed E-state index contributed by atoms with van der Waals surface area (Å²) in [5, 5.41) is 6.19. The van der Waals surface area contributed by atoms with E-state index in [0.717, 1.165) is 16.9 Å². The van der Waals surface area contributed by atoms with Crippen LogP contribution >= 0.6 is 0 Å². The lowest BCUT2D eigenvalue weighted by atomic mass is 10.0. The lowest BCUT2D eigenvalue weighted by Gasteiger charge is -2.10. The summed E-state index contributed by atoms with van der Waals surface area (Å²) in [6.07, 6.45) is 4.15. The average Bonchev–Trinajstić information content (AvgIpc) is 3.54. The van der Waals surface area contributed by atoms with Gasteiger partial charge in [-0.15, -0.1) is 0 Å². The molecule has 0 aliphatic rings. The Morgan fingerprint density at radius 2 is 1.21 bits per heavy atom. The fraction of sp³-hybridized carbons (Fsp3) is 0. The lowest BCUT2D eigenvalue weighted by molar-refractivity contribution is 1.13. The van der Waals surface area contributed by atoms with E-state index in [1.807, 2.05) is 24.4 Å². The number of nitrogens with zero attached hydrogens (tertiary/aromatic N) is 3. The summed E-state index contributed by atoms with van der Waals surface area (Å²) in [5.41, 5.74) is 7.93. The van der Waals surface area contributed by atoms with Crippen molar-refractivity contribution in [2.24, 2.45) is 0 Å². The molecule has 3 heteroatoms. The molecule has 3 nitrogen and oxygen atoms in total. The quantitative estimate of drug-likeness (QED) is 0.245. The molecule has 0 bridgehead atoms. The van der Waals surface area contributed by atoms with Gasteiger partial charge in [0.15, 0.2) is 0 Å². The van der Waals surface area contributed by atoms with Gasteiger partial charge < -0.3 is 9.13 Å². The molecule has 0 saturated carbocycles. The van der Waals surface area contributed by atoms with Crippen LogP contribution in [0.15, 0.2) is 140 Å². The van der Waals surface area contributed by atoms with Crippen LogP contribution in [-0.4, -0.2) is 14.1 Å². The summed E-state index contributed by atoms with van der Waals surface area (Å²) in [6.45, 7) is 0. The van der Waals surface area contributed by atoms with Crippen molar-refractivity contribution in [3.05, 3.63) is 140 Å². The molecule has 8 aromatic rings. The molecule has 0 saturated heterocycles. The van der Waals surface area contributed by atoms with Crippen LogP contribution in [0.1, 0.15) is 0 Å². The molecule has 178 valence electrons. The van der Waals surface area contributed by atoms with Crippen LogP contribution in [0.4, 0.5) is 0 Å². The number of aromatic nitrogens is 3. The van der Waals surface area contributed by atoms with Gasteiger partial charge in [-0.2, -0.15) is 0 Å². The van der Waals surface area contributed by atoms with Gasteiger partial charge in [0.2, 0.25) is 0 Å². The average molecular weight is 486 g/mol. The minimum absolute atomic E-state index is 0.978. The second kappa shape index (κ2) is 8.19. The zero-order valence-electron chi connectivity index (χ0n) is 20.6. The van der Waals surface area contributed by atoms with Crippen LogP contribution in [0, 0.1) is 0 Å². The maximum Gasteiger partial charge on any atom is 0.0703 e. The molecule has 0 unspecified atom stereocenters. The van der Waals surface area contributed by atoms with Crippen molar-refractivity contribution in [3.63, 3.8) is 0 Å². The zero-order valence-corrected chi connectivity index (χ0v) is 20.6. The fourth-order valence-corrected chi connectivity index (χ4v) is 5.74. The number of pyridine rings is 1. The molecule has 0 atom stereocenters. The first-order chi connectivity index (χ1) is 18.8. The minimum atomic E-state index is 0.978. The van der Waals surface area contributed by atoms with Gasteiger partial charge in [0.1, 0.15) is 0 Å². The Morgan fingerprint density at radius 1 is 0.474 bits per heavy atom. The van der Waals surface area contributed by atoms with Crippen LogP contribution in [0.2, 0.25) is 0 Å². The Morgan fingerprint density at radius 3 is 2.03 bits per heavy atom. The van der Waals surface area contributed by atoms with Gasteiger partial charge in [-0.25, -0.2) is 0 Å². The van der Waals surface area contributed by atoms with Gasteiger partial charge in [-0.05, 0) is 71.4 Å². The van der Waals surface area contributed by atoms with E-state index < -0.39 is 0 Å². The molecule has 0 amide bonds. The monoisotopic (exact) mass is 485 g/mol. The molecular formula is C35H23N3. The lowest BCUT2D eigenvalue weighted by Crippen LogP contribution is -1.95. The van der Waals surface area contributed by atoms with Crippen molar-refractivity contribution in [1.82, 2.24) is 14.1 Å². The van der Waals surface area contributed by atoms with Crippen molar-refractivity contribution >= 4 is 43.5 Å². The molecule has 5 aromatic carbocycles. The predicted molar refractivity (Wildman–Crippen MR) is 158 cm³/mol. The van der Waals surface area contributed by atoms with E-state index in [9.17, 15) is 0 Å².